The summed E-state index contributed by atoms with van der Waals surface area (Å²) in [5, 5.41) is 8.48. The number of imide groups is 1. The van der Waals surface area contributed by atoms with Crippen molar-refractivity contribution >= 4 is 11.9 Å². The summed E-state index contributed by atoms with van der Waals surface area (Å²) < 4.78 is 0. The van der Waals surface area contributed by atoms with Crippen molar-refractivity contribution in [1.82, 2.24) is 20.9 Å². The Kier molecular flexibility index (Phi) is 5.15. The molecule has 3 N–H and O–H groups in total. The van der Waals surface area contributed by atoms with Gasteiger partial charge in [-0.05, 0) is 38.8 Å². The van der Waals surface area contributed by atoms with E-state index in [4.69, 9.17) is 0 Å². The molecule has 1 aliphatic heterocycles. The number of carbonyl (C=O) groups excluding carboxylic acids is 2. The molecule has 0 aromatic rings. The van der Waals surface area contributed by atoms with E-state index >= 15 is 0 Å². The number of urea groups is 1. The van der Waals surface area contributed by atoms with Crippen LogP contribution >= 0.6 is 0 Å². The van der Waals surface area contributed by atoms with Gasteiger partial charge in [-0.25, -0.2) is 4.79 Å². The Morgan fingerprint density at radius 3 is 2.68 bits per heavy atom. The van der Waals surface area contributed by atoms with Crippen molar-refractivity contribution in [2.24, 2.45) is 0 Å². The first-order chi connectivity index (χ1) is 9.19. The van der Waals surface area contributed by atoms with Crippen molar-refractivity contribution in [3.8, 4) is 0 Å². The summed E-state index contributed by atoms with van der Waals surface area (Å²) in [5.41, 5.74) is 0. The smallest absolute Gasteiger partial charge is 0.321 e. The van der Waals surface area contributed by atoms with E-state index in [9.17, 15) is 9.59 Å². The molecular formula is C13H24N4O2. The van der Waals surface area contributed by atoms with Crippen molar-refractivity contribution in [3.63, 3.8) is 0 Å². The molecule has 0 aromatic carbocycles. The number of hydrogen-bond donors (Lipinski definition) is 3. The molecule has 0 spiro atoms. The fourth-order valence-corrected chi connectivity index (χ4v) is 2.43. The van der Waals surface area contributed by atoms with Crippen molar-refractivity contribution in [2.45, 2.75) is 44.7 Å². The van der Waals surface area contributed by atoms with Crippen LogP contribution in [0.25, 0.3) is 0 Å². The standard InChI is InChI=1S/C13H24N4O2/c1-2-7-17(11-5-6-14-8-11)9-12(18)16-13(19)15-10-3-4-10/h10-11,14H,2-9H2,1H3,(H2,15,16,18,19). The van der Waals surface area contributed by atoms with E-state index in [1.165, 1.54) is 0 Å². The number of rotatable bonds is 6. The minimum atomic E-state index is -0.353. The van der Waals surface area contributed by atoms with E-state index in [0.717, 1.165) is 45.3 Å². The fraction of sp³-hybridized carbons (Fsp3) is 0.846. The van der Waals surface area contributed by atoms with Crippen molar-refractivity contribution < 1.29 is 9.59 Å². The van der Waals surface area contributed by atoms with Gasteiger partial charge in [0.25, 0.3) is 0 Å². The van der Waals surface area contributed by atoms with Crippen LogP contribution in [0, 0.1) is 0 Å². The average molecular weight is 268 g/mol. The van der Waals surface area contributed by atoms with Gasteiger partial charge in [0.1, 0.15) is 0 Å². The van der Waals surface area contributed by atoms with Crippen LogP contribution < -0.4 is 16.0 Å². The van der Waals surface area contributed by atoms with Crippen LogP contribution in [0.1, 0.15) is 32.6 Å². The Labute approximate surface area is 114 Å². The Hall–Kier alpha value is -1.14. The summed E-state index contributed by atoms with van der Waals surface area (Å²) in [6.07, 6.45) is 4.13. The van der Waals surface area contributed by atoms with Gasteiger partial charge in [0.15, 0.2) is 0 Å². The van der Waals surface area contributed by atoms with Gasteiger partial charge in [-0.2, -0.15) is 0 Å². The first-order valence-corrected chi connectivity index (χ1v) is 7.24. The quantitative estimate of drug-likeness (QED) is 0.636. The summed E-state index contributed by atoms with van der Waals surface area (Å²) in [5.74, 6) is -0.210. The zero-order valence-electron chi connectivity index (χ0n) is 11.6. The molecule has 0 aromatic heterocycles. The maximum Gasteiger partial charge on any atom is 0.321 e. The topological polar surface area (TPSA) is 73.5 Å². The van der Waals surface area contributed by atoms with Gasteiger partial charge in [-0.15, -0.1) is 0 Å². The highest BCUT2D eigenvalue weighted by Gasteiger charge is 2.26. The SMILES string of the molecule is CCCN(CC(=O)NC(=O)NC1CC1)C1CCNC1. The molecule has 0 bridgehead atoms. The number of carbonyl (C=O) groups is 2. The zero-order valence-corrected chi connectivity index (χ0v) is 11.6. The molecular weight excluding hydrogens is 244 g/mol. The van der Waals surface area contributed by atoms with Crippen molar-refractivity contribution in [3.05, 3.63) is 0 Å². The van der Waals surface area contributed by atoms with Gasteiger partial charge in [0.2, 0.25) is 5.91 Å². The number of nitrogens with one attached hydrogen (secondary N) is 3. The summed E-state index contributed by atoms with van der Waals surface area (Å²) in [6.45, 7) is 5.24. The van der Waals surface area contributed by atoms with Crippen LogP contribution in [-0.2, 0) is 4.79 Å². The Morgan fingerprint density at radius 1 is 1.32 bits per heavy atom. The predicted octanol–water partition coefficient (Wildman–Crippen LogP) is 0.0485. The first-order valence-electron chi connectivity index (χ1n) is 7.24. The lowest BCUT2D eigenvalue weighted by Crippen LogP contribution is -2.48. The molecule has 19 heavy (non-hydrogen) atoms. The third-order valence-corrected chi connectivity index (χ3v) is 3.57. The third-order valence-electron chi connectivity index (χ3n) is 3.57. The maximum absolute atomic E-state index is 11.9. The minimum Gasteiger partial charge on any atom is -0.335 e. The number of nitrogens with zero attached hydrogens (tertiary/aromatic N) is 1. The third kappa shape index (κ3) is 4.80. The Bertz CT molecular complexity index is 325. The van der Waals surface area contributed by atoms with Crippen molar-refractivity contribution in [1.29, 1.82) is 0 Å². The summed E-state index contributed by atoms with van der Waals surface area (Å²) in [6, 6.07) is 0.337. The molecule has 2 aliphatic rings. The Morgan fingerprint density at radius 2 is 2.11 bits per heavy atom. The molecule has 2 fully saturated rings. The van der Waals surface area contributed by atoms with Crippen LogP contribution in [0.5, 0.6) is 0 Å². The van der Waals surface area contributed by atoms with E-state index in [-0.39, 0.29) is 18.0 Å². The van der Waals surface area contributed by atoms with E-state index < -0.39 is 0 Å². The van der Waals surface area contributed by atoms with Crippen LogP contribution in [0.2, 0.25) is 0 Å². The van der Waals surface area contributed by atoms with Crippen LogP contribution in [0.15, 0.2) is 0 Å². The summed E-state index contributed by atoms with van der Waals surface area (Å²) in [7, 11) is 0. The van der Waals surface area contributed by atoms with E-state index in [2.05, 4.69) is 27.8 Å². The number of amides is 3. The summed E-state index contributed by atoms with van der Waals surface area (Å²) >= 11 is 0. The Balaban J connectivity index is 1.74. The van der Waals surface area contributed by atoms with Gasteiger partial charge in [-0.1, -0.05) is 6.92 Å². The number of hydrogen-bond acceptors (Lipinski definition) is 4. The maximum atomic E-state index is 11.9. The van der Waals surface area contributed by atoms with Gasteiger partial charge < -0.3 is 10.6 Å². The highest BCUT2D eigenvalue weighted by molar-refractivity contribution is 5.95. The second-order valence-corrected chi connectivity index (χ2v) is 5.41. The molecule has 3 amide bonds. The molecule has 6 nitrogen and oxygen atoms in total. The molecule has 1 unspecified atom stereocenters. The van der Waals surface area contributed by atoms with Crippen LogP contribution in [-0.4, -0.2) is 55.1 Å². The second kappa shape index (κ2) is 6.86. The molecule has 1 saturated carbocycles. The largest absolute Gasteiger partial charge is 0.335 e. The van der Waals surface area contributed by atoms with E-state index in [0.29, 0.717) is 12.6 Å². The molecule has 6 heteroatoms. The summed E-state index contributed by atoms with van der Waals surface area (Å²) in [4.78, 5) is 25.5. The molecule has 1 heterocycles. The van der Waals surface area contributed by atoms with E-state index in [1.54, 1.807) is 0 Å². The normalized spacial score (nSPS) is 22.5. The zero-order chi connectivity index (χ0) is 13.7. The first kappa shape index (κ1) is 14.3. The highest BCUT2D eigenvalue weighted by Crippen LogP contribution is 2.18. The van der Waals surface area contributed by atoms with Gasteiger partial charge in [0.05, 0.1) is 6.54 Å². The average Bonchev–Trinajstić information content (AvgIpc) is 2.99. The predicted molar refractivity (Wildman–Crippen MR) is 72.8 cm³/mol. The highest BCUT2D eigenvalue weighted by atomic mass is 16.2. The molecule has 1 aliphatic carbocycles. The van der Waals surface area contributed by atoms with Gasteiger partial charge >= 0.3 is 6.03 Å². The fourth-order valence-electron chi connectivity index (χ4n) is 2.43. The van der Waals surface area contributed by atoms with Crippen molar-refractivity contribution in [2.75, 3.05) is 26.2 Å². The molecule has 1 atom stereocenters. The lowest BCUT2D eigenvalue weighted by molar-refractivity contribution is -0.121. The lowest BCUT2D eigenvalue weighted by Gasteiger charge is -2.27. The van der Waals surface area contributed by atoms with Crippen LogP contribution in [0.4, 0.5) is 4.79 Å². The second-order valence-electron chi connectivity index (χ2n) is 5.41. The molecule has 1 saturated heterocycles. The van der Waals surface area contributed by atoms with Gasteiger partial charge in [-0.3, -0.25) is 15.0 Å². The molecule has 2 rings (SSSR count). The lowest BCUT2D eigenvalue weighted by atomic mass is 10.2. The van der Waals surface area contributed by atoms with E-state index in [1.807, 2.05) is 0 Å². The monoisotopic (exact) mass is 268 g/mol. The molecule has 108 valence electrons. The molecule has 0 radical (unpaired) electrons. The van der Waals surface area contributed by atoms with Gasteiger partial charge in [0, 0.05) is 18.6 Å². The van der Waals surface area contributed by atoms with Crippen LogP contribution in [0.3, 0.4) is 0 Å². The minimum absolute atomic E-state index is 0.210.